The molecule has 0 bridgehead atoms. The molecule has 0 fully saturated rings. The summed E-state index contributed by atoms with van der Waals surface area (Å²) in [6.45, 7) is 6.68. The summed E-state index contributed by atoms with van der Waals surface area (Å²) in [5, 5.41) is 2.46. The van der Waals surface area contributed by atoms with E-state index in [9.17, 15) is 18.4 Å². The maximum atomic E-state index is 12.9. The van der Waals surface area contributed by atoms with Crippen molar-refractivity contribution in [3.8, 4) is 11.5 Å². The van der Waals surface area contributed by atoms with Crippen LogP contribution in [0.25, 0.3) is 6.08 Å². The Morgan fingerprint density at radius 3 is 2.52 bits per heavy atom. The van der Waals surface area contributed by atoms with Crippen LogP contribution in [-0.2, 0) is 14.3 Å². The first-order chi connectivity index (χ1) is 11.5. The lowest BCUT2D eigenvalue weighted by Gasteiger charge is -2.22. The molecule has 0 aliphatic carbocycles. The molecule has 25 heavy (non-hydrogen) atoms. The van der Waals surface area contributed by atoms with E-state index in [0.717, 1.165) is 0 Å². The Morgan fingerprint density at radius 2 is 1.88 bits per heavy atom. The van der Waals surface area contributed by atoms with Crippen molar-refractivity contribution in [3.05, 3.63) is 29.8 Å². The molecule has 1 aromatic carbocycles. The van der Waals surface area contributed by atoms with E-state index >= 15 is 0 Å². The first-order valence-corrected chi connectivity index (χ1v) is 7.56. The number of esters is 1. The van der Waals surface area contributed by atoms with Gasteiger partial charge in [-0.05, 0) is 51.5 Å². The summed E-state index contributed by atoms with van der Waals surface area (Å²) < 4.78 is 39.7. The third-order valence-electron chi connectivity index (χ3n) is 2.97. The third kappa shape index (κ3) is 5.44. The molecular weight excluding hydrogens is 336 g/mol. The second-order valence-corrected chi connectivity index (χ2v) is 6.47. The summed E-state index contributed by atoms with van der Waals surface area (Å²) in [7, 11) is 0. The molecule has 1 amide bonds. The minimum absolute atomic E-state index is 0.0786. The van der Waals surface area contributed by atoms with Gasteiger partial charge >= 0.3 is 12.3 Å². The van der Waals surface area contributed by atoms with Crippen LogP contribution < -0.4 is 14.8 Å². The minimum atomic E-state index is -3.69. The zero-order chi connectivity index (χ0) is 18.8. The fraction of sp³-hybridized carbons (Fsp3) is 0.412. The van der Waals surface area contributed by atoms with Crippen LogP contribution in [0.5, 0.6) is 11.5 Å². The van der Waals surface area contributed by atoms with E-state index in [4.69, 9.17) is 4.74 Å². The van der Waals surface area contributed by atoms with Crippen molar-refractivity contribution in [2.75, 3.05) is 0 Å². The summed E-state index contributed by atoms with van der Waals surface area (Å²) in [6, 6.07) is 3.30. The normalized spacial score (nSPS) is 16.6. The van der Waals surface area contributed by atoms with Gasteiger partial charge in [-0.3, -0.25) is 4.79 Å². The van der Waals surface area contributed by atoms with Crippen LogP contribution in [0, 0.1) is 0 Å². The van der Waals surface area contributed by atoms with Crippen LogP contribution >= 0.6 is 0 Å². The lowest BCUT2D eigenvalue weighted by Crippen LogP contribution is -2.41. The molecule has 1 aromatic rings. The van der Waals surface area contributed by atoms with Crippen molar-refractivity contribution in [3.63, 3.8) is 0 Å². The highest BCUT2D eigenvalue weighted by molar-refractivity contribution is 5.94. The molecule has 2 rings (SSSR count). The molecule has 0 saturated heterocycles. The Kier molecular flexibility index (Phi) is 5.01. The van der Waals surface area contributed by atoms with E-state index in [1.54, 1.807) is 20.8 Å². The van der Waals surface area contributed by atoms with Gasteiger partial charge in [-0.25, -0.2) is 4.79 Å². The Hall–Kier alpha value is -2.64. The van der Waals surface area contributed by atoms with Crippen LogP contribution in [0.4, 0.5) is 8.78 Å². The number of alkyl halides is 2. The number of amides is 1. The van der Waals surface area contributed by atoms with E-state index in [1.165, 1.54) is 37.3 Å². The molecule has 0 radical (unpaired) electrons. The largest absolute Gasteiger partial charge is 0.586 e. The molecule has 1 N–H and O–H groups in total. The number of carbonyl (C=O) groups excluding carboxylic acids is 2. The molecule has 0 saturated carbocycles. The molecule has 1 aliphatic heterocycles. The molecule has 0 aromatic heterocycles. The zero-order valence-electron chi connectivity index (χ0n) is 14.3. The Morgan fingerprint density at radius 1 is 1.24 bits per heavy atom. The van der Waals surface area contributed by atoms with Gasteiger partial charge in [0.25, 0.3) is 0 Å². The van der Waals surface area contributed by atoms with Crippen LogP contribution in [0.1, 0.15) is 33.3 Å². The highest BCUT2D eigenvalue weighted by Gasteiger charge is 2.43. The van der Waals surface area contributed by atoms with Gasteiger partial charge in [-0.2, -0.15) is 0 Å². The lowest BCUT2D eigenvalue weighted by molar-refractivity contribution is -0.286. The lowest BCUT2D eigenvalue weighted by atomic mass is 10.2. The SMILES string of the molecule is C[C@H](NC(=O)/C=C/c1ccc2c(c1)OC(F)(F)O2)C(=O)OC(C)(C)C. The number of rotatable bonds is 4. The van der Waals surface area contributed by atoms with Crippen LogP contribution in [-0.4, -0.2) is 29.8 Å². The van der Waals surface area contributed by atoms with Gasteiger partial charge in [0.2, 0.25) is 5.91 Å². The van der Waals surface area contributed by atoms with E-state index in [1.807, 2.05) is 0 Å². The van der Waals surface area contributed by atoms with Crippen molar-refractivity contribution < 1.29 is 32.6 Å². The Labute approximate surface area is 143 Å². The van der Waals surface area contributed by atoms with Crippen LogP contribution in [0.3, 0.4) is 0 Å². The second kappa shape index (κ2) is 6.70. The van der Waals surface area contributed by atoms with Gasteiger partial charge in [-0.1, -0.05) is 6.07 Å². The standard InChI is InChI=1S/C17H19F2NO5/c1-10(15(22)25-16(2,3)4)20-14(21)8-6-11-5-7-12-13(9-11)24-17(18,19)23-12/h5-10H,1-4H3,(H,20,21)/b8-6+/t10-/m0/s1. The average Bonchev–Trinajstić information content (AvgIpc) is 2.76. The van der Waals surface area contributed by atoms with Crippen molar-refractivity contribution in [1.29, 1.82) is 0 Å². The molecule has 8 heteroatoms. The van der Waals surface area contributed by atoms with Crippen LogP contribution in [0.15, 0.2) is 24.3 Å². The number of fused-ring (bicyclic) bond motifs is 1. The summed E-state index contributed by atoms with van der Waals surface area (Å²) >= 11 is 0. The van der Waals surface area contributed by atoms with E-state index in [0.29, 0.717) is 5.56 Å². The first-order valence-electron chi connectivity index (χ1n) is 7.56. The van der Waals surface area contributed by atoms with Gasteiger partial charge in [0.1, 0.15) is 11.6 Å². The van der Waals surface area contributed by atoms with E-state index < -0.39 is 29.8 Å². The third-order valence-corrected chi connectivity index (χ3v) is 2.97. The summed E-state index contributed by atoms with van der Waals surface area (Å²) in [5.74, 6) is -1.28. The number of nitrogens with one attached hydrogen (secondary N) is 1. The maximum absolute atomic E-state index is 12.9. The maximum Gasteiger partial charge on any atom is 0.586 e. The van der Waals surface area contributed by atoms with Gasteiger partial charge in [0.15, 0.2) is 11.5 Å². The molecular formula is C17H19F2NO5. The van der Waals surface area contributed by atoms with Gasteiger partial charge in [0, 0.05) is 6.08 Å². The van der Waals surface area contributed by atoms with Crippen molar-refractivity contribution in [2.45, 2.75) is 45.6 Å². The van der Waals surface area contributed by atoms with Gasteiger partial charge in [-0.15, -0.1) is 8.78 Å². The molecule has 136 valence electrons. The number of benzene rings is 1. The molecule has 0 spiro atoms. The quantitative estimate of drug-likeness (QED) is 0.664. The fourth-order valence-corrected chi connectivity index (χ4v) is 1.95. The number of halogens is 2. The zero-order valence-corrected chi connectivity index (χ0v) is 14.3. The number of ether oxygens (including phenoxy) is 3. The summed E-state index contributed by atoms with van der Waals surface area (Å²) in [4.78, 5) is 23.6. The van der Waals surface area contributed by atoms with Crippen molar-refractivity contribution in [2.24, 2.45) is 0 Å². The molecule has 0 unspecified atom stereocenters. The molecule has 6 nitrogen and oxygen atoms in total. The topological polar surface area (TPSA) is 73.9 Å². The van der Waals surface area contributed by atoms with E-state index in [2.05, 4.69) is 14.8 Å². The highest BCUT2D eigenvalue weighted by atomic mass is 19.3. The van der Waals surface area contributed by atoms with E-state index in [-0.39, 0.29) is 11.5 Å². The van der Waals surface area contributed by atoms with Crippen LogP contribution in [0.2, 0.25) is 0 Å². The smallest absolute Gasteiger partial charge is 0.458 e. The Balaban J connectivity index is 1.94. The second-order valence-electron chi connectivity index (χ2n) is 6.47. The van der Waals surface area contributed by atoms with Gasteiger partial charge in [0.05, 0.1) is 0 Å². The number of hydrogen-bond acceptors (Lipinski definition) is 5. The average molecular weight is 355 g/mol. The monoisotopic (exact) mass is 355 g/mol. The Bertz CT molecular complexity index is 709. The van der Waals surface area contributed by atoms with Crippen molar-refractivity contribution >= 4 is 18.0 Å². The summed E-state index contributed by atoms with van der Waals surface area (Å²) in [5.41, 5.74) is -0.194. The van der Waals surface area contributed by atoms with Crippen molar-refractivity contribution in [1.82, 2.24) is 5.32 Å². The predicted octanol–water partition coefficient (Wildman–Crippen LogP) is 2.87. The minimum Gasteiger partial charge on any atom is -0.458 e. The number of carbonyl (C=O) groups is 2. The summed E-state index contributed by atoms with van der Waals surface area (Å²) in [6.07, 6.45) is -1.11. The fourth-order valence-electron chi connectivity index (χ4n) is 1.95. The molecule has 1 aliphatic rings. The molecule has 1 heterocycles. The first kappa shape index (κ1) is 18.7. The highest BCUT2D eigenvalue weighted by Crippen LogP contribution is 2.41. The van der Waals surface area contributed by atoms with Gasteiger partial charge < -0.3 is 19.5 Å². The number of hydrogen-bond donors (Lipinski definition) is 1. The molecule has 1 atom stereocenters. The predicted molar refractivity (Wildman–Crippen MR) is 85.1 cm³/mol.